The van der Waals surface area contributed by atoms with E-state index in [-0.39, 0.29) is 17.6 Å². The first kappa shape index (κ1) is 12.1. The molecule has 1 N–H and O–H groups in total. The van der Waals surface area contributed by atoms with Gasteiger partial charge in [0, 0.05) is 5.56 Å². The fourth-order valence-electron chi connectivity index (χ4n) is 3.42. The number of carboxylic acids is 1. The molecular formula is C14H16N2O4. The Labute approximate surface area is 116 Å². The highest BCUT2D eigenvalue weighted by atomic mass is 16.5. The van der Waals surface area contributed by atoms with E-state index in [1.54, 1.807) is 6.07 Å². The van der Waals surface area contributed by atoms with Crippen LogP contribution in [0, 0.1) is 0 Å². The van der Waals surface area contributed by atoms with Crippen molar-refractivity contribution in [3.63, 3.8) is 0 Å². The van der Waals surface area contributed by atoms with Gasteiger partial charge in [0.05, 0.1) is 44.2 Å². The molecule has 4 heterocycles. The van der Waals surface area contributed by atoms with Gasteiger partial charge in [-0.2, -0.15) is 0 Å². The first-order valence-electron chi connectivity index (χ1n) is 6.94. The van der Waals surface area contributed by atoms with E-state index in [4.69, 9.17) is 9.47 Å². The van der Waals surface area contributed by atoms with Crippen LogP contribution < -0.4 is 4.90 Å². The second-order valence-electron chi connectivity index (χ2n) is 5.59. The summed E-state index contributed by atoms with van der Waals surface area (Å²) in [7, 11) is 0. The largest absolute Gasteiger partial charge is 0.478 e. The minimum absolute atomic E-state index is 0.250. The Kier molecular flexibility index (Phi) is 2.68. The van der Waals surface area contributed by atoms with E-state index >= 15 is 0 Å². The molecule has 20 heavy (non-hydrogen) atoms. The highest BCUT2D eigenvalue weighted by molar-refractivity contribution is 5.94. The number of hydrogen-bond acceptors (Lipinski definition) is 5. The zero-order valence-electron chi connectivity index (χ0n) is 11.0. The summed E-state index contributed by atoms with van der Waals surface area (Å²) in [6.07, 6.45) is 2.08. The van der Waals surface area contributed by atoms with Crippen molar-refractivity contribution in [2.24, 2.45) is 0 Å². The summed E-state index contributed by atoms with van der Waals surface area (Å²) < 4.78 is 10.9. The molecule has 106 valence electrons. The first-order valence-corrected chi connectivity index (χ1v) is 6.94. The molecule has 2 unspecified atom stereocenters. The van der Waals surface area contributed by atoms with Crippen molar-refractivity contribution in [1.82, 2.24) is 4.98 Å². The molecule has 2 bridgehead atoms. The van der Waals surface area contributed by atoms with Crippen molar-refractivity contribution >= 4 is 11.8 Å². The standard InChI is InChI=1S/C14H16N2O4/c17-14(18)11-3-8-4-19-7-12(8)15-13(11)16-9-1-2-10(16)6-20-5-9/h3,9-10H,1-2,4-7H2,(H,17,18). The second kappa shape index (κ2) is 4.43. The fourth-order valence-corrected chi connectivity index (χ4v) is 3.42. The summed E-state index contributed by atoms with van der Waals surface area (Å²) in [5, 5.41) is 9.48. The van der Waals surface area contributed by atoms with E-state index in [1.807, 2.05) is 0 Å². The van der Waals surface area contributed by atoms with Gasteiger partial charge >= 0.3 is 5.97 Å². The molecule has 0 radical (unpaired) electrons. The average molecular weight is 276 g/mol. The Morgan fingerprint density at radius 2 is 2.00 bits per heavy atom. The SMILES string of the molecule is O=C(O)c1cc2c(nc1N1C3CCC1COC3)COC2. The molecule has 2 saturated heterocycles. The number of carbonyl (C=O) groups is 1. The Balaban J connectivity index is 1.82. The number of morpholine rings is 1. The maximum Gasteiger partial charge on any atom is 0.339 e. The molecular weight excluding hydrogens is 260 g/mol. The zero-order chi connectivity index (χ0) is 13.7. The lowest BCUT2D eigenvalue weighted by molar-refractivity contribution is 0.0692. The third-order valence-corrected chi connectivity index (χ3v) is 4.38. The molecule has 0 aliphatic carbocycles. The lowest BCUT2D eigenvalue weighted by Crippen LogP contribution is -2.47. The fraction of sp³-hybridized carbons (Fsp3) is 0.571. The molecule has 2 atom stereocenters. The van der Waals surface area contributed by atoms with Gasteiger partial charge in [0.15, 0.2) is 0 Å². The Hall–Kier alpha value is -1.66. The lowest BCUT2D eigenvalue weighted by Gasteiger charge is -2.36. The van der Waals surface area contributed by atoms with Gasteiger partial charge in [0.1, 0.15) is 11.4 Å². The number of aromatic nitrogens is 1. The van der Waals surface area contributed by atoms with E-state index in [2.05, 4.69) is 9.88 Å². The maximum absolute atomic E-state index is 11.6. The highest BCUT2D eigenvalue weighted by Crippen LogP contribution is 2.36. The van der Waals surface area contributed by atoms with Gasteiger partial charge in [-0.1, -0.05) is 0 Å². The summed E-state index contributed by atoms with van der Waals surface area (Å²) in [6, 6.07) is 2.22. The van der Waals surface area contributed by atoms with Crippen LogP contribution in [0.5, 0.6) is 0 Å². The third kappa shape index (κ3) is 1.72. The van der Waals surface area contributed by atoms with Gasteiger partial charge in [-0.3, -0.25) is 0 Å². The van der Waals surface area contributed by atoms with Gasteiger partial charge in [0.25, 0.3) is 0 Å². The Morgan fingerprint density at radius 3 is 2.70 bits per heavy atom. The number of rotatable bonds is 2. The molecule has 0 amide bonds. The van der Waals surface area contributed by atoms with E-state index in [9.17, 15) is 9.90 Å². The molecule has 0 aromatic carbocycles. The van der Waals surface area contributed by atoms with E-state index in [1.165, 1.54) is 0 Å². The Morgan fingerprint density at radius 1 is 1.25 bits per heavy atom. The molecule has 1 aromatic heterocycles. The van der Waals surface area contributed by atoms with Crippen molar-refractivity contribution in [3.05, 3.63) is 22.9 Å². The van der Waals surface area contributed by atoms with Crippen molar-refractivity contribution in [3.8, 4) is 0 Å². The number of fused-ring (bicyclic) bond motifs is 3. The summed E-state index contributed by atoms with van der Waals surface area (Å²) in [5.74, 6) is -0.328. The van der Waals surface area contributed by atoms with Crippen LogP contribution in [0.4, 0.5) is 5.82 Å². The first-order chi connectivity index (χ1) is 9.74. The molecule has 3 aliphatic heterocycles. The van der Waals surface area contributed by atoms with Gasteiger partial charge in [-0.15, -0.1) is 0 Å². The second-order valence-corrected chi connectivity index (χ2v) is 5.59. The van der Waals surface area contributed by atoms with Crippen LogP contribution in [0.15, 0.2) is 6.07 Å². The van der Waals surface area contributed by atoms with E-state index < -0.39 is 5.97 Å². The smallest absolute Gasteiger partial charge is 0.339 e. The predicted octanol–water partition coefficient (Wildman–Crippen LogP) is 1.18. The van der Waals surface area contributed by atoms with Gasteiger partial charge in [0.2, 0.25) is 0 Å². The molecule has 3 aliphatic rings. The highest BCUT2D eigenvalue weighted by Gasteiger charge is 2.40. The quantitative estimate of drug-likeness (QED) is 0.874. The summed E-state index contributed by atoms with van der Waals surface area (Å²) in [4.78, 5) is 18.3. The third-order valence-electron chi connectivity index (χ3n) is 4.38. The maximum atomic E-state index is 11.6. The molecule has 4 rings (SSSR count). The van der Waals surface area contributed by atoms with Crippen LogP contribution in [0.3, 0.4) is 0 Å². The summed E-state index contributed by atoms with van der Waals surface area (Å²) in [6.45, 7) is 2.25. The van der Waals surface area contributed by atoms with Gasteiger partial charge < -0.3 is 19.5 Å². The number of hydrogen-bond donors (Lipinski definition) is 1. The molecule has 6 nitrogen and oxygen atoms in total. The van der Waals surface area contributed by atoms with Crippen LogP contribution in [-0.4, -0.2) is 41.4 Å². The number of pyridine rings is 1. The zero-order valence-corrected chi connectivity index (χ0v) is 11.0. The number of aromatic carboxylic acids is 1. The van der Waals surface area contributed by atoms with Crippen LogP contribution in [0.2, 0.25) is 0 Å². The predicted molar refractivity (Wildman–Crippen MR) is 69.8 cm³/mol. The van der Waals surface area contributed by atoms with Crippen LogP contribution in [-0.2, 0) is 22.7 Å². The van der Waals surface area contributed by atoms with Gasteiger partial charge in [-0.25, -0.2) is 9.78 Å². The van der Waals surface area contributed by atoms with Crippen molar-refractivity contribution in [2.45, 2.75) is 38.1 Å². The van der Waals surface area contributed by atoms with Crippen molar-refractivity contribution in [2.75, 3.05) is 18.1 Å². The molecule has 2 fully saturated rings. The number of carboxylic acid groups (broad SMARTS) is 1. The summed E-state index contributed by atoms with van der Waals surface area (Å²) >= 11 is 0. The molecule has 0 saturated carbocycles. The van der Waals surface area contributed by atoms with E-state index in [0.717, 1.165) is 24.1 Å². The summed E-state index contributed by atoms with van der Waals surface area (Å²) in [5.41, 5.74) is 2.05. The molecule has 6 heteroatoms. The topological polar surface area (TPSA) is 71.9 Å². The van der Waals surface area contributed by atoms with Gasteiger partial charge in [-0.05, 0) is 18.9 Å². The van der Waals surface area contributed by atoms with E-state index in [0.29, 0.717) is 32.2 Å². The van der Waals surface area contributed by atoms with Crippen molar-refractivity contribution in [1.29, 1.82) is 0 Å². The monoisotopic (exact) mass is 276 g/mol. The molecule has 0 spiro atoms. The van der Waals surface area contributed by atoms with Crippen LogP contribution in [0.1, 0.15) is 34.5 Å². The minimum atomic E-state index is -0.923. The molecule has 1 aromatic rings. The number of anilines is 1. The average Bonchev–Trinajstić information content (AvgIpc) is 2.98. The number of ether oxygens (including phenoxy) is 2. The van der Waals surface area contributed by atoms with Crippen LogP contribution >= 0.6 is 0 Å². The lowest BCUT2D eigenvalue weighted by atomic mass is 10.1. The Bertz CT molecular complexity index is 559. The normalized spacial score (nSPS) is 27.7. The van der Waals surface area contributed by atoms with Crippen molar-refractivity contribution < 1.29 is 19.4 Å². The number of nitrogens with zero attached hydrogens (tertiary/aromatic N) is 2. The van der Waals surface area contributed by atoms with Crippen LogP contribution in [0.25, 0.3) is 0 Å². The minimum Gasteiger partial charge on any atom is -0.478 e.